The highest BCUT2D eigenvalue weighted by Gasteiger charge is 2.16. The van der Waals surface area contributed by atoms with E-state index in [2.05, 4.69) is 9.97 Å². The number of aromatic nitrogens is 2. The molecular weight excluding hydrogens is 243 g/mol. The Morgan fingerprint density at radius 1 is 1.26 bits per heavy atom. The van der Waals surface area contributed by atoms with Crippen LogP contribution >= 0.6 is 0 Å². The second-order valence-electron chi connectivity index (χ2n) is 5.01. The van der Waals surface area contributed by atoms with Crippen molar-refractivity contribution in [2.45, 2.75) is 32.6 Å². The number of rotatable bonds is 1. The fourth-order valence-corrected chi connectivity index (χ4v) is 2.58. The minimum absolute atomic E-state index is 0.0802. The number of nitrogens with zero attached hydrogens (tertiary/aromatic N) is 1. The highest BCUT2D eigenvalue weighted by molar-refractivity contribution is 5.60. The molecular formula is C15H15FN2O. The first-order valence-corrected chi connectivity index (χ1v) is 6.54. The van der Waals surface area contributed by atoms with Crippen LogP contribution < -0.4 is 5.56 Å². The Kier molecular flexibility index (Phi) is 2.93. The molecule has 0 atom stereocenters. The van der Waals surface area contributed by atoms with Gasteiger partial charge < -0.3 is 4.98 Å². The van der Waals surface area contributed by atoms with Gasteiger partial charge in [-0.25, -0.2) is 9.37 Å². The van der Waals surface area contributed by atoms with Crippen LogP contribution in [0.5, 0.6) is 0 Å². The predicted octanol–water partition coefficient (Wildman–Crippen LogP) is 2.76. The molecule has 0 unspecified atom stereocenters. The summed E-state index contributed by atoms with van der Waals surface area (Å²) in [7, 11) is 0. The zero-order valence-corrected chi connectivity index (χ0v) is 10.8. The van der Waals surface area contributed by atoms with Crippen molar-refractivity contribution in [3.63, 3.8) is 0 Å². The van der Waals surface area contributed by atoms with Crippen LogP contribution in [0.25, 0.3) is 11.4 Å². The van der Waals surface area contributed by atoms with Crippen LogP contribution in [0.2, 0.25) is 0 Å². The van der Waals surface area contributed by atoms with Crippen molar-refractivity contribution >= 4 is 0 Å². The highest BCUT2D eigenvalue weighted by Crippen LogP contribution is 2.23. The number of hydrogen-bond donors (Lipinski definition) is 1. The molecule has 1 N–H and O–H groups in total. The number of halogens is 1. The average Bonchev–Trinajstić information content (AvgIpc) is 2.41. The zero-order chi connectivity index (χ0) is 13.4. The summed E-state index contributed by atoms with van der Waals surface area (Å²) < 4.78 is 13.4. The van der Waals surface area contributed by atoms with Crippen molar-refractivity contribution in [1.29, 1.82) is 0 Å². The molecule has 98 valence electrons. The van der Waals surface area contributed by atoms with Gasteiger partial charge in [0.05, 0.1) is 5.69 Å². The van der Waals surface area contributed by atoms with Gasteiger partial charge in [0, 0.05) is 11.1 Å². The number of H-pyrrole nitrogens is 1. The number of aryl methyl sites for hydroxylation is 2. The van der Waals surface area contributed by atoms with E-state index >= 15 is 0 Å². The van der Waals surface area contributed by atoms with E-state index in [1.54, 1.807) is 6.07 Å². The highest BCUT2D eigenvalue weighted by atomic mass is 19.1. The van der Waals surface area contributed by atoms with Crippen molar-refractivity contribution < 1.29 is 4.39 Å². The molecule has 1 aliphatic carbocycles. The van der Waals surface area contributed by atoms with Crippen LogP contribution in [0, 0.1) is 12.7 Å². The number of hydrogen-bond acceptors (Lipinski definition) is 2. The van der Waals surface area contributed by atoms with Crippen LogP contribution in [0.1, 0.15) is 29.7 Å². The maximum Gasteiger partial charge on any atom is 0.254 e. The van der Waals surface area contributed by atoms with E-state index in [4.69, 9.17) is 0 Å². The molecule has 1 aromatic heterocycles. The maximum atomic E-state index is 13.4. The van der Waals surface area contributed by atoms with Gasteiger partial charge in [-0.05, 0) is 50.3 Å². The summed E-state index contributed by atoms with van der Waals surface area (Å²) in [5.41, 5.74) is 3.15. The molecule has 0 amide bonds. The van der Waals surface area contributed by atoms with Gasteiger partial charge in [-0.15, -0.1) is 0 Å². The molecule has 0 fully saturated rings. The Morgan fingerprint density at radius 2 is 2.05 bits per heavy atom. The summed E-state index contributed by atoms with van der Waals surface area (Å²) in [6.45, 7) is 1.88. The van der Waals surface area contributed by atoms with E-state index in [1.165, 1.54) is 12.1 Å². The first-order valence-electron chi connectivity index (χ1n) is 6.54. The smallest absolute Gasteiger partial charge is 0.254 e. The van der Waals surface area contributed by atoms with Crippen molar-refractivity contribution in [1.82, 2.24) is 9.97 Å². The van der Waals surface area contributed by atoms with E-state index in [9.17, 15) is 9.18 Å². The third-order valence-electron chi connectivity index (χ3n) is 3.65. The molecule has 3 rings (SSSR count). The summed E-state index contributed by atoms with van der Waals surface area (Å²) in [5, 5.41) is 0. The van der Waals surface area contributed by atoms with Gasteiger partial charge in [0.2, 0.25) is 0 Å². The Labute approximate surface area is 110 Å². The van der Waals surface area contributed by atoms with Gasteiger partial charge in [0.1, 0.15) is 11.6 Å². The fourth-order valence-electron chi connectivity index (χ4n) is 2.58. The Bertz CT molecular complexity index is 691. The summed E-state index contributed by atoms with van der Waals surface area (Å²) in [6, 6.07) is 4.53. The lowest BCUT2D eigenvalue weighted by Crippen LogP contribution is -2.21. The number of benzene rings is 1. The zero-order valence-electron chi connectivity index (χ0n) is 10.8. The van der Waals surface area contributed by atoms with Gasteiger partial charge in [-0.2, -0.15) is 0 Å². The molecule has 1 aromatic carbocycles. The number of aromatic amines is 1. The monoisotopic (exact) mass is 258 g/mol. The van der Waals surface area contributed by atoms with Crippen molar-refractivity contribution in [2.75, 3.05) is 0 Å². The normalized spacial score (nSPS) is 14.2. The standard InChI is InChI=1S/C15H15FN2O/c1-9-6-7-10(16)8-12(9)14-17-13-5-3-2-4-11(13)15(19)18-14/h6-8H,2-5H2,1H3,(H,17,18,19). The lowest BCUT2D eigenvalue weighted by Gasteiger charge is -2.15. The van der Waals surface area contributed by atoms with Crippen LogP contribution in [-0.2, 0) is 12.8 Å². The van der Waals surface area contributed by atoms with Crippen molar-refractivity contribution in [3.8, 4) is 11.4 Å². The van der Waals surface area contributed by atoms with Crippen LogP contribution in [0.3, 0.4) is 0 Å². The van der Waals surface area contributed by atoms with E-state index in [0.717, 1.165) is 42.5 Å². The van der Waals surface area contributed by atoms with Gasteiger partial charge in [0.25, 0.3) is 5.56 Å². The SMILES string of the molecule is Cc1ccc(F)cc1-c1nc2c(c(=O)[nH]1)CCCC2. The summed E-state index contributed by atoms with van der Waals surface area (Å²) in [6.07, 6.45) is 3.72. The maximum absolute atomic E-state index is 13.4. The quantitative estimate of drug-likeness (QED) is 0.854. The molecule has 1 heterocycles. The summed E-state index contributed by atoms with van der Waals surface area (Å²) in [4.78, 5) is 19.4. The second kappa shape index (κ2) is 4.61. The topological polar surface area (TPSA) is 45.8 Å². The van der Waals surface area contributed by atoms with Crippen LogP contribution in [-0.4, -0.2) is 9.97 Å². The summed E-state index contributed by atoms with van der Waals surface area (Å²) in [5.74, 6) is 0.156. The summed E-state index contributed by atoms with van der Waals surface area (Å²) >= 11 is 0. The molecule has 1 aliphatic rings. The molecule has 3 nitrogen and oxygen atoms in total. The Hall–Kier alpha value is -1.97. The minimum atomic E-state index is -0.319. The predicted molar refractivity (Wildman–Crippen MR) is 71.6 cm³/mol. The molecule has 19 heavy (non-hydrogen) atoms. The van der Waals surface area contributed by atoms with Gasteiger partial charge in [-0.3, -0.25) is 4.79 Å². The molecule has 0 saturated heterocycles. The Balaban J connectivity index is 2.18. The van der Waals surface area contributed by atoms with E-state index in [1.807, 2.05) is 6.92 Å². The Morgan fingerprint density at radius 3 is 2.89 bits per heavy atom. The molecule has 0 radical (unpaired) electrons. The van der Waals surface area contributed by atoms with E-state index in [0.29, 0.717) is 11.4 Å². The molecule has 0 spiro atoms. The van der Waals surface area contributed by atoms with E-state index < -0.39 is 0 Å². The third-order valence-corrected chi connectivity index (χ3v) is 3.65. The number of fused-ring (bicyclic) bond motifs is 1. The van der Waals surface area contributed by atoms with Crippen LogP contribution in [0.15, 0.2) is 23.0 Å². The van der Waals surface area contributed by atoms with Crippen molar-refractivity contribution in [2.24, 2.45) is 0 Å². The molecule has 0 aliphatic heterocycles. The van der Waals surface area contributed by atoms with Crippen LogP contribution in [0.4, 0.5) is 4.39 Å². The number of nitrogens with one attached hydrogen (secondary N) is 1. The molecule has 0 saturated carbocycles. The molecule has 0 bridgehead atoms. The van der Waals surface area contributed by atoms with Gasteiger partial charge >= 0.3 is 0 Å². The van der Waals surface area contributed by atoms with Crippen molar-refractivity contribution in [3.05, 3.63) is 51.2 Å². The second-order valence-corrected chi connectivity index (χ2v) is 5.01. The first kappa shape index (κ1) is 12.1. The minimum Gasteiger partial charge on any atom is -0.306 e. The van der Waals surface area contributed by atoms with Gasteiger partial charge in [-0.1, -0.05) is 6.07 Å². The molecule has 4 heteroatoms. The molecule has 2 aromatic rings. The first-order chi connectivity index (χ1) is 9.15. The average molecular weight is 258 g/mol. The third kappa shape index (κ3) is 2.18. The van der Waals surface area contributed by atoms with Gasteiger partial charge in [0.15, 0.2) is 0 Å². The lowest BCUT2D eigenvalue weighted by molar-refractivity contribution is 0.627. The lowest BCUT2D eigenvalue weighted by atomic mass is 9.97. The van der Waals surface area contributed by atoms with E-state index in [-0.39, 0.29) is 11.4 Å². The fraction of sp³-hybridized carbons (Fsp3) is 0.333. The largest absolute Gasteiger partial charge is 0.306 e.